The number of nitrogens with two attached hydrogens (primary N) is 1. The highest BCUT2D eigenvalue weighted by Crippen LogP contribution is 2.22. The molecule has 3 heteroatoms. The monoisotopic (exact) mass is 220 g/mol. The van der Waals surface area contributed by atoms with Crippen molar-refractivity contribution in [2.75, 3.05) is 0 Å². The third kappa shape index (κ3) is 2.60. The highest BCUT2D eigenvalue weighted by Gasteiger charge is 2.27. The van der Waals surface area contributed by atoms with E-state index in [1.807, 2.05) is 12.3 Å². The predicted molar refractivity (Wildman–Crippen MR) is 64.2 cm³/mol. The van der Waals surface area contributed by atoms with Crippen LogP contribution in [0, 0.1) is 6.92 Å². The number of rotatable bonds is 3. The van der Waals surface area contributed by atoms with Crippen molar-refractivity contribution < 1.29 is 4.74 Å². The highest BCUT2D eigenvalue weighted by atomic mass is 16.5. The molecule has 3 atom stereocenters. The summed E-state index contributed by atoms with van der Waals surface area (Å²) in [6.07, 6.45) is 5.41. The zero-order valence-electron chi connectivity index (χ0n) is 10.0. The molecule has 1 fully saturated rings. The molecule has 1 saturated heterocycles. The summed E-state index contributed by atoms with van der Waals surface area (Å²) < 4.78 is 5.78. The second-order valence-corrected chi connectivity index (χ2v) is 4.70. The number of nitrogens with zero attached hydrogens (tertiary/aromatic N) is 1. The SMILES string of the molecule is Cc1cccnc1CC(N)C1CCC(C)O1. The van der Waals surface area contributed by atoms with Crippen LogP contribution in [-0.4, -0.2) is 23.2 Å². The summed E-state index contributed by atoms with van der Waals surface area (Å²) in [5, 5.41) is 0. The summed E-state index contributed by atoms with van der Waals surface area (Å²) in [4.78, 5) is 4.37. The fourth-order valence-electron chi connectivity index (χ4n) is 2.24. The molecule has 0 aliphatic carbocycles. The third-order valence-corrected chi connectivity index (χ3v) is 3.29. The van der Waals surface area contributed by atoms with E-state index in [9.17, 15) is 0 Å². The van der Waals surface area contributed by atoms with Crippen LogP contribution in [0.2, 0.25) is 0 Å². The predicted octanol–water partition coefficient (Wildman–Crippen LogP) is 1.83. The number of hydrogen-bond donors (Lipinski definition) is 1. The molecule has 0 radical (unpaired) electrons. The molecule has 2 N–H and O–H groups in total. The van der Waals surface area contributed by atoms with Crippen molar-refractivity contribution >= 4 is 0 Å². The number of aryl methyl sites for hydroxylation is 1. The highest BCUT2D eigenvalue weighted by molar-refractivity contribution is 5.18. The Hall–Kier alpha value is -0.930. The number of aromatic nitrogens is 1. The van der Waals surface area contributed by atoms with E-state index in [1.165, 1.54) is 5.56 Å². The molecule has 88 valence electrons. The third-order valence-electron chi connectivity index (χ3n) is 3.29. The second-order valence-electron chi connectivity index (χ2n) is 4.70. The fourth-order valence-corrected chi connectivity index (χ4v) is 2.24. The van der Waals surface area contributed by atoms with Gasteiger partial charge in [-0.2, -0.15) is 0 Å². The van der Waals surface area contributed by atoms with E-state index in [-0.39, 0.29) is 12.1 Å². The van der Waals surface area contributed by atoms with Gasteiger partial charge in [0.1, 0.15) is 0 Å². The lowest BCUT2D eigenvalue weighted by Gasteiger charge is -2.19. The van der Waals surface area contributed by atoms with E-state index in [1.54, 1.807) is 0 Å². The van der Waals surface area contributed by atoms with Gasteiger partial charge in [-0.25, -0.2) is 0 Å². The Morgan fingerprint density at radius 1 is 1.56 bits per heavy atom. The Bertz CT molecular complexity index is 354. The number of hydrogen-bond acceptors (Lipinski definition) is 3. The van der Waals surface area contributed by atoms with Crippen molar-refractivity contribution in [3.05, 3.63) is 29.6 Å². The van der Waals surface area contributed by atoms with Crippen molar-refractivity contribution in [1.82, 2.24) is 4.98 Å². The first kappa shape index (κ1) is 11.6. The van der Waals surface area contributed by atoms with Crippen LogP contribution in [0.15, 0.2) is 18.3 Å². The average Bonchev–Trinajstić information content (AvgIpc) is 2.68. The lowest BCUT2D eigenvalue weighted by Crippen LogP contribution is -2.37. The Balaban J connectivity index is 1.97. The van der Waals surface area contributed by atoms with Gasteiger partial charge in [-0.1, -0.05) is 6.07 Å². The molecule has 1 aromatic heterocycles. The van der Waals surface area contributed by atoms with Crippen LogP contribution in [0.4, 0.5) is 0 Å². The van der Waals surface area contributed by atoms with Crippen molar-refractivity contribution in [2.45, 2.75) is 51.4 Å². The van der Waals surface area contributed by atoms with Crippen LogP contribution >= 0.6 is 0 Å². The minimum atomic E-state index is 0.0681. The summed E-state index contributed by atoms with van der Waals surface area (Å²) in [5.41, 5.74) is 8.48. The molecule has 0 spiro atoms. The van der Waals surface area contributed by atoms with Gasteiger partial charge in [-0.15, -0.1) is 0 Å². The van der Waals surface area contributed by atoms with E-state index in [0.29, 0.717) is 6.10 Å². The lowest BCUT2D eigenvalue weighted by molar-refractivity contribution is 0.0402. The van der Waals surface area contributed by atoms with Gasteiger partial charge in [0.15, 0.2) is 0 Å². The van der Waals surface area contributed by atoms with E-state index in [2.05, 4.69) is 24.9 Å². The first-order chi connectivity index (χ1) is 7.66. The molecule has 1 aliphatic rings. The van der Waals surface area contributed by atoms with Crippen LogP contribution in [0.3, 0.4) is 0 Å². The Morgan fingerprint density at radius 3 is 3.00 bits per heavy atom. The maximum Gasteiger partial charge on any atom is 0.0734 e. The van der Waals surface area contributed by atoms with Gasteiger partial charge in [0.2, 0.25) is 0 Å². The molecule has 2 rings (SSSR count). The van der Waals surface area contributed by atoms with E-state index in [4.69, 9.17) is 10.5 Å². The van der Waals surface area contributed by atoms with Crippen LogP contribution in [-0.2, 0) is 11.2 Å². The molecule has 3 nitrogen and oxygen atoms in total. The fraction of sp³-hybridized carbons (Fsp3) is 0.615. The van der Waals surface area contributed by atoms with Crippen molar-refractivity contribution in [3.8, 4) is 0 Å². The quantitative estimate of drug-likeness (QED) is 0.845. The lowest BCUT2D eigenvalue weighted by atomic mass is 10.0. The molecule has 0 aromatic carbocycles. The molecule has 0 amide bonds. The molecule has 1 aliphatic heterocycles. The largest absolute Gasteiger partial charge is 0.374 e. The number of ether oxygens (including phenoxy) is 1. The number of pyridine rings is 1. The maximum absolute atomic E-state index is 6.18. The molecule has 16 heavy (non-hydrogen) atoms. The van der Waals surface area contributed by atoms with E-state index < -0.39 is 0 Å². The molecule has 2 heterocycles. The Kier molecular flexibility index (Phi) is 3.56. The molecular formula is C13H20N2O. The van der Waals surface area contributed by atoms with Gasteiger partial charge in [-0.05, 0) is 38.3 Å². The normalized spacial score (nSPS) is 26.9. The smallest absolute Gasteiger partial charge is 0.0734 e. The summed E-state index contributed by atoms with van der Waals surface area (Å²) in [6, 6.07) is 4.10. The van der Waals surface area contributed by atoms with Crippen LogP contribution in [0.5, 0.6) is 0 Å². The van der Waals surface area contributed by atoms with Gasteiger partial charge in [-0.3, -0.25) is 4.98 Å². The van der Waals surface area contributed by atoms with Crippen molar-refractivity contribution in [3.63, 3.8) is 0 Å². The average molecular weight is 220 g/mol. The zero-order valence-corrected chi connectivity index (χ0v) is 10.0. The molecule has 3 unspecified atom stereocenters. The summed E-state index contributed by atoms with van der Waals surface area (Å²) in [5.74, 6) is 0. The van der Waals surface area contributed by atoms with Crippen molar-refractivity contribution in [1.29, 1.82) is 0 Å². The summed E-state index contributed by atoms with van der Waals surface area (Å²) in [7, 11) is 0. The first-order valence-electron chi connectivity index (χ1n) is 5.98. The molecule has 0 saturated carbocycles. The Labute approximate surface area is 97.0 Å². The molecular weight excluding hydrogens is 200 g/mol. The molecule has 0 bridgehead atoms. The van der Waals surface area contributed by atoms with E-state index >= 15 is 0 Å². The van der Waals surface area contributed by atoms with Gasteiger partial charge < -0.3 is 10.5 Å². The van der Waals surface area contributed by atoms with Crippen molar-refractivity contribution in [2.24, 2.45) is 5.73 Å². The summed E-state index contributed by atoms with van der Waals surface area (Å²) >= 11 is 0. The minimum absolute atomic E-state index is 0.0681. The van der Waals surface area contributed by atoms with Crippen LogP contribution < -0.4 is 5.73 Å². The van der Waals surface area contributed by atoms with Crippen LogP contribution in [0.1, 0.15) is 31.0 Å². The van der Waals surface area contributed by atoms with Gasteiger partial charge in [0.25, 0.3) is 0 Å². The van der Waals surface area contributed by atoms with Gasteiger partial charge in [0, 0.05) is 24.4 Å². The topological polar surface area (TPSA) is 48.1 Å². The molecule has 1 aromatic rings. The zero-order chi connectivity index (χ0) is 11.5. The van der Waals surface area contributed by atoms with Crippen LogP contribution in [0.25, 0.3) is 0 Å². The standard InChI is InChI=1S/C13H20N2O/c1-9-4-3-7-15-12(9)8-11(14)13-6-5-10(2)16-13/h3-4,7,10-11,13H,5-6,8,14H2,1-2H3. The second kappa shape index (κ2) is 4.93. The first-order valence-corrected chi connectivity index (χ1v) is 5.98. The van der Waals surface area contributed by atoms with Gasteiger partial charge >= 0.3 is 0 Å². The minimum Gasteiger partial charge on any atom is -0.374 e. The maximum atomic E-state index is 6.18. The van der Waals surface area contributed by atoms with E-state index in [0.717, 1.165) is 25.0 Å². The summed E-state index contributed by atoms with van der Waals surface area (Å²) in [6.45, 7) is 4.19. The van der Waals surface area contributed by atoms with Gasteiger partial charge in [0.05, 0.1) is 12.2 Å². The Morgan fingerprint density at radius 2 is 2.38 bits per heavy atom.